The molecule has 0 radical (unpaired) electrons. The third-order valence-corrected chi connectivity index (χ3v) is 1.14. The first-order chi connectivity index (χ1) is 4.81. The van der Waals surface area contributed by atoms with Gasteiger partial charge in [0, 0.05) is 13.2 Å². The minimum absolute atomic E-state index is 0.0200. The van der Waals surface area contributed by atoms with Crippen molar-refractivity contribution in [1.82, 2.24) is 5.32 Å². The summed E-state index contributed by atoms with van der Waals surface area (Å²) in [5, 5.41) is 2.57. The van der Waals surface area contributed by atoms with Crippen molar-refractivity contribution >= 4 is 17.5 Å². The normalized spacial score (nSPS) is 9.40. The summed E-state index contributed by atoms with van der Waals surface area (Å²) in [5.74, 6) is -0.132. The standard InChI is InChI=1S/C6H12ClNO2/c1-2-10-4-3-8-6(9)5-7/h2-5H2,1H3,(H,8,9). The lowest BCUT2D eigenvalue weighted by molar-refractivity contribution is -0.118. The molecule has 1 amide bonds. The second-order valence-corrected chi connectivity index (χ2v) is 1.95. The van der Waals surface area contributed by atoms with Crippen molar-refractivity contribution in [3.63, 3.8) is 0 Å². The lowest BCUT2D eigenvalue weighted by Gasteiger charge is -2.01. The van der Waals surface area contributed by atoms with E-state index in [0.717, 1.165) is 0 Å². The molecule has 0 atom stereocenters. The van der Waals surface area contributed by atoms with E-state index in [-0.39, 0.29) is 11.8 Å². The second-order valence-electron chi connectivity index (χ2n) is 1.68. The summed E-state index contributed by atoms with van der Waals surface area (Å²) < 4.78 is 4.97. The van der Waals surface area contributed by atoms with E-state index in [9.17, 15) is 4.79 Å². The molecule has 0 heterocycles. The van der Waals surface area contributed by atoms with E-state index in [1.165, 1.54) is 0 Å². The molecule has 0 unspecified atom stereocenters. The van der Waals surface area contributed by atoms with Crippen molar-refractivity contribution < 1.29 is 9.53 Å². The molecule has 0 aliphatic heterocycles. The van der Waals surface area contributed by atoms with Gasteiger partial charge in [-0.3, -0.25) is 4.79 Å². The largest absolute Gasteiger partial charge is 0.380 e. The highest BCUT2D eigenvalue weighted by molar-refractivity contribution is 6.27. The van der Waals surface area contributed by atoms with Gasteiger partial charge in [-0.15, -0.1) is 11.6 Å². The summed E-state index contributed by atoms with van der Waals surface area (Å²) in [4.78, 5) is 10.5. The van der Waals surface area contributed by atoms with Crippen LogP contribution in [0.1, 0.15) is 6.92 Å². The summed E-state index contributed by atoms with van der Waals surface area (Å²) >= 11 is 5.21. The van der Waals surface area contributed by atoms with Gasteiger partial charge in [-0.25, -0.2) is 0 Å². The molecule has 0 aromatic heterocycles. The number of alkyl halides is 1. The molecule has 0 saturated heterocycles. The molecule has 1 N–H and O–H groups in total. The van der Waals surface area contributed by atoms with Crippen LogP contribution < -0.4 is 5.32 Å². The predicted octanol–water partition coefficient (Wildman–Crippen LogP) is 0.378. The maximum atomic E-state index is 10.5. The minimum Gasteiger partial charge on any atom is -0.380 e. The van der Waals surface area contributed by atoms with Crippen molar-refractivity contribution in [3.05, 3.63) is 0 Å². The number of hydrogen-bond acceptors (Lipinski definition) is 2. The van der Waals surface area contributed by atoms with Gasteiger partial charge >= 0.3 is 0 Å². The Balaban J connectivity index is 2.96. The Morgan fingerprint density at radius 3 is 2.90 bits per heavy atom. The summed E-state index contributed by atoms with van der Waals surface area (Å²) in [6, 6.07) is 0. The Kier molecular flexibility index (Phi) is 6.64. The van der Waals surface area contributed by atoms with Gasteiger partial charge in [-0.2, -0.15) is 0 Å². The van der Waals surface area contributed by atoms with E-state index in [4.69, 9.17) is 16.3 Å². The fourth-order valence-electron chi connectivity index (χ4n) is 0.454. The Morgan fingerprint density at radius 1 is 1.70 bits per heavy atom. The van der Waals surface area contributed by atoms with Crippen LogP contribution in [0.15, 0.2) is 0 Å². The van der Waals surface area contributed by atoms with Crippen molar-refractivity contribution in [2.24, 2.45) is 0 Å². The van der Waals surface area contributed by atoms with E-state index in [1.807, 2.05) is 6.92 Å². The molecule has 10 heavy (non-hydrogen) atoms. The monoisotopic (exact) mass is 165 g/mol. The number of hydrogen-bond donors (Lipinski definition) is 1. The smallest absolute Gasteiger partial charge is 0.235 e. The van der Waals surface area contributed by atoms with Crippen molar-refractivity contribution in [2.75, 3.05) is 25.6 Å². The van der Waals surface area contributed by atoms with Crippen molar-refractivity contribution in [3.8, 4) is 0 Å². The zero-order valence-electron chi connectivity index (χ0n) is 6.02. The van der Waals surface area contributed by atoms with Gasteiger partial charge in [-0.05, 0) is 6.92 Å². The van der Waals surface area contributed by atoms with Gasteiger partial charge < -0.3 is 10.1 Å². The number of amides is 1. The van der Waals surface area contributed by atoms with E-state index in [0.29, 0.717) is 19.8 Å². The topological polar surface area (TPSA) is 38.3 Å². The second kappa shape index (κ2) is 6.83. The highest BCUT2D eigenvalue weighted by Gasteiger charge is 1.94. The van der Waals surface area contributed by atoms with Gasteiger partial charge in [-0.1, -0.05) is 0 Å². The minimum atomic E-state index is -0.152. The summed E-state index contributed by atoms with van der Waals surface area (Å²) in [5.41, 5.74) is 0. The SMILES string of the molecule is CCOCCNC(=O)CCl. The van der Waals surface area contributed by atoms with Gasteiger partial charge in [0.2, 0.25) is 5.91 Å². The Hall–Kier alpha value is -0.280. The van der Waals surface area contributed by atoms with Crippen LogP contribution >= 0.6 is 11.6 Å². The van der Waals surface area contributed by atoms with E-state index < -0.39 is 0 Å². The number of halogens is 1. The molecule has 0 aliphatic rings. The molecule has 0 rings (SSSR count). The molecule has 0 fully saturated rings. The Bertz CT molecular complexity index is 97.7. The fourth-order valence-corrected chi connectivity index (χ4v) is 0.549. The number of rotatable bonds is 5. The third kappa shape index (κ3) is 5.85. The molecule has 4 heteroatoms. The van der Waals surface area contributed by atoms with E-state index >= 15 is 0 Å². The average molecular weight is 166 g/mol. The highest BCUT2D eigenvalue weighted by Crippen LogP contribution is 1.74. The number of nitrogens with one attached hydrogen (secondary N) is 1. The van der Waals surface area contributed by atoms with Crippen LogP contribution in [-0.4, -0.2) is 31.5 Å². The van der Waals surface area contributed by atoms with Crippen LogP contribution in [0.25, 0.3) is 0 Å². The average Bonchev–Trinajstić information content (AvgIpc) is 1.98. The lowest BCUT2D eigenvalue weighted by Crippen LogP contribution is -2.28. The lowest BCUT2D eigenvalue weighted by atomic mass is 10.6. The number of carbonyl (C=O) groups is 1. The maximum absolute atomic E-state index is 10.5. The molecule has 0 aliphatic carbocycles. The molecular weight excluding hydrogens is 154 g/mol. The molecule has 0 spiro atoms. The summed E-state index contributed by atoms with van der Waals surface area (Å²) in [6.45, 7) is 3.68. The third-order valence-electron chi connectivity index (χ3n) is 0.894. The molecule has 0 bridgehead atoms. The van der Waals surface area contributed by atoms with Crippen molar-refractivity contribution in [2.45, 2.75) is 6.92 Å². The summed E-state index contributed by atoms with van der Waals surface area (Å²) in [6.07, 6.45) is 0. The van der Waals surface area contributed by atoms with E-state index in [2.05, 4.69) is 5.32 Å². The number of ether oxygens (including phenoxy) is 1. The van der Waals surface area contributed by atoms with Crippen LogP contribution in [0.2, 0.25) is 0 Å². The zero-order chi connectivity index (χ0) is 7.82. The Labute approximate surface area is 65.7 Å². The van der Waals surface area contributed by atoms with Gasteiger partial charge in [0.05, 0.1) is 6.61 Å². The first-order valence-electron chi connectivity index (χ1n) is 3.21. The Morgan fingerprint density at radius 2 is 2.40 bits per heavy atom. The van der Waals surface area contributed by atoms with E-state index in [1.54, 1.807) is 0 Å². The summed E-state index contributed by atoms with van der Waals surface area (Å²) in [7, 11) is 0. The van der Waals surface area contributed by atoms with Crippen LogP contribution in [0.4, 0.5) is 0 Å². The molecule has 60 valence electrons. The molecular formula is C6H12ClNO2. The highest BCUT2D eigenvalue weighted by atomic mass is 35.5. The molecule has 0 saturated carbocycles. The van der Waals surface area contributed by atoms with Gasteiger partial charge in [0.1, 0.15) is 5.88 Å². The van der Waals surface area contributed by atoms with Gasteiger partial charge in [0.15, 0.2) is 0 Å². The first kappa shape index (κ1) is 9.72. The molecule has 0 aromatic rings. The number of carbonyl (C=O) groups excluding carboxylic acids is 1. The fraction of sp³-hybridized carbons (Fsp3) is 0.833. The van der Waals surface area contributed by atoms with Crippen LogP contribution in [-0.2, 0) is 9.53 Å². The van der Waals surface area contributed by atoms with Crippen LogP contribution in [0, 0.1) is 0 Å². The quantitative estimate of drug-likeness (QED) is 0.473. The van der Waals surface area contributed by atoms with Crippen LogP contribution in [0.5, 0.6) is 0 Å². The first-order valence-corrected chi connectivity index (χ1v) is 3.75. The molecule has 0 aromatic carbocycles. The maximum Gasteiger partial charge on any atom is 0.235 e. The molecule has 3 nitrogen and oxygen atoms in total. The van der Waals surface area contributed by atoms with Crippen LogP contribution in [0.3, 0.4) is 0 Å². The van der Waals surface area contributed by atoms with Crippen molar-refractivity contribution in [1.29, 1.82) is 0 Å². The predicted molar refractivity (Wildman–Crippen MR) is 40.2 cm³/mol. The zero-order valence-corrected chi connectivity index (χ0v) is 6.78. The van der Waals surface area contributed by atoms with Gasteiger partial charge in [0.25, 0.3) is 0 Å².